The fourth-order valence-corrected chi connectivity index (χ4v) is 5.00. The average molecular weight is 457 g/mol. The first-order valence-electron chi connectivity index (χ1n) is 11.7. The summed E-state index contributed by atoms with van der Waals surface area (Å²) < 4.78 is 9.60. The van der Waals surface area contributed by atoms with E-state index in [4.69, 9.17) is 14.8 Å². The van der Waals surface area contributed by atoms with E-state index in [2.05, 4.69) is 45.1 Å². The van der Waals surface area contributed by atoms with E-state index < -0.39 is 0 Å². The number of ether oxygens (including phenoxy) is 1. The van der Waals surface area contributed by atoms with E-state index in [0.29, 0.717) is 11.8 Å². The Balaban J connectivity index is 1.35. The Morgan fingerprint density at radius 2 is 1.91 bits per heavy atom. The molecule has 0 saturated heterocycles. The summed E-state index contributed by atoms with van der Waals surface area (Å²) in [6.07, 6.45) is 6.70. The second-order valence-corrected chi connectivity index (χ2v) is 9.20. The molecule has 4 aromatic rings. The third kappa shape index (κ3) is 3.43. The Labute approximate surface area is 198 Å². The highest BCUT2D eigenvalue weighted by Crippen LogP contribution is 2.46. The van der Waals surface area contributed by atoms with Crippen molar-refractivity contribution in [3.8, 4) is 22.8 Å². The van der Waals surface area contributed by atoms with Crippen LogP contribution >= 0.6 is 0 Å². The smallest absolute Gasteiger partial charge is 0.226 e. The zero-order valence-corrected chi connectivity index (χ0v) is 20.0. The molecule has 0 unspecified atom stereocenters. The number of hydrogen-bond acceptors (Lipinski definition) is 7. The molecule has 2 aliphatic rings. The van der Waals surface area contributed by atoms with Crippen molar-refractivity contribution in [1.29, 1.82) is 0 Å². The molecule has 9 heteroatoms. The number of pyridine rings is 1. The number of hydrogen-bond donors (Lipinski definition) is 0. The van der Waals surface area contributed by atoms with Crippen LogP contribution in [-0.4, -0.2) is 48.2 Å². The first kappa shape index (κ1) is 20.8. The summed E-state index contributed by atoms with van der Waals surface area (Å²) in [6.45, 7) is 5.67. The molecule has 6 rings (SSSR count). The van der Waals surface area contributed by atoms with Crippen LogP contribution < -0.4 is 9.64 Å². The fourth-order valence-electron chi connectivity index (χ4n) is 5.00. The lowest BCUT2D eigenvalue weighted by Gasteiger charge is -2.29. The Hall–Kier alpha value is -3.75. The van der Waals surface area contributed by atoms with Crippen LogP contribution in [0.2, 0.25) is 0 Å². The lowest BCUT2D eigenvalue weighted by atomic mass is 9.99. The molecule has 4 aromatic heterocycles. The summed E-state index contributed by atoms with van der Waals surface area (Å²) >= 11 is 0. The first-order chi connectivity index (χ1) is 16.5. The predicted octanol–water partition coefficient (Wildman–Crippen LogP) is 3.52. The molecular formula is C25H28N8O. The quantitative estimate of drug-likeness (QED) is 0.454. The molecular weight excluding hydrogens is 428 g/mol. The zero-order chi connectivity index (χ0) is 23.4. The second-order valence-electron chi connectivity index (χ2n) is 9.20. The highest BCUT2D eigenvalue weighted by Gasteiger charge is 2.34. The Morgan fingerprint density at radius 1 is 1.06 bits per heavy atom. The van der Waals surface area contributed by atoms with Crippen LogP contribution in [0, 0.1) is 13.8 Å². The third-order valence-electron chi connectivity index (χ3n) is 6.79. The van der Waals surface area contributed by atoms with Crippen molar-refractivity contribution in [2.45, 2.75) is 45.6 Å². The van der Waals surface area contributed by atoms with Gasteiger partial charge in [-0.1, -0.05) is 0 Å². The van der Waals surface area contributed by atoms with E-state index in [1.807, 2.05) is 29.5 Å². The maximum absolute atomic E-state index is 5.66. The Morgan fingerprint density at radius 3 is 2.59 bits per heavy atom. The van der Waals surface area contributed by atoms with Gasteiger partial charge in [0.2, 0.25) is 5.88 Å². The number of fused-ring (bicyclic) bond motifs is 1. The van der Waals surface area contributed by atoms with Crippen LogP contribution in [0.15, 0.2) is 30.7 Å². The van der Waals surface area contributed by atoms with Crippen molar-refractivity contribution < 1.29 is 4.74 Å². The maximum atomic E-state index is 5.66. The van der Waals surface area contributed by atoms with Gasteiger partial charge in [-0.2, -0.15) is 10.2 Å². The number of aromatic nitrogens is 7. The molecule has 0 N–H and O–H groups in total. The molecule has 1 aliphatic carbocycles. The number of aryl methyl sites for hydroxylation is 3. The van der Waals surface area contributed by atoms with E-state index in [9.17, 15) is 0 Å². The highest BCUT2D eigenvalue weighted by molar-refractivity contribution is 5.73. The summed E-state index contributed by atoms with van der Waals surface area (Å²) in [4.78, 5) is 16.1. The van der Waals surface area contributed by atoms with Gasteiger partial charge < -0.3 is 9.64 Å². The minimum Gasteiger partial charge on any atom is -0.480 e. The van der Waals surface area contributed by atoms with Crippen LogP contribution in [0.25, 0.3) is 16.9 Å². The van der Waals surface area contributed by atoms with Gasteiger partial charge in [0, 0.05) is 49.4 Å². The molecule has 0 radical (unpaired) electrons. The van der Waals surface area contributed by atoms with E-state index in [1.165, 1.54) is 11.3 Å². The van der Waals surface area contributed by atoms with E-state index in [0.717, 1.165) is 72.2 Å². The second kappa shape index (κ2) is 7.93. The van der Waals surface area contributed by atoms with Gasteiger partial charge in [0.1, 0.15) is 17.8 Å². The van der Waals surface area contributed by atoms with Crippen molar-refractivity contribution in [3.63, 3.8) is 0 Å². The van der Waals surface area contributed by atoms with E-state index in [1.54, 1.807) is 13.4 Å². The largest absolute Gasteiger partial charge is 0.480 e. The molecule has 5 heterocycles. The van der Waals surface area contributed by atoms with Gasteiger partial charge in [-0.15, -0.1) is 0 Å². The highest BCUT2D eigenvalue weighted by atomic mass is 16.5. The predicted molar refractivity (Wildman–Crippen MR) is 128 cm³/mol. The first-order valence-corrected chi connectivity index (χ1v) is 11.7. The third-order valence-corrected chi connectivity index (χ3v) is 6.79. The summed E-state index contributed by atoms with van der Waals surface area (Å²) in [5, 5.41) is 9.51. The summed E-state index contributed by atoms with van der Waals surface area (Å²) in [6, 6.07) is 6.23. The van der Waals surface area contributed by atoms with Gasteiger partial charge in [-0.25, -0.2) is 19.6 Å². The van der Waals surface area contributed by atoms with Gasteiger partial charge in [-0.05, 0) is 44.9 Å². The average Bonchev–Trinajstić information content (AvgIpc) is 3.58. The lowest BCUT2D eigenvalue weighted by Crippen LogP contribution is -2.31. The fraction of sp³-hybridized carbons (Fsp3) is 0.400. The molecule has 0 aromatic carbocycles. The number of anilines is 1. The van der Waals surface area contributed by atoms with Crippen molar-refractivity contribution in [1.82, 2.24) is 34.5 Å². The molecule has 0 atom stereocenters. The van der Waals surface area contributed by atoms with Gasteiger partial charge in [0.15, 0.2) is 0 Å². The summed E-state index contributed by atoms with van der Waals surface area (Å²) in [5.41, 5.74) is 8.44. The monoisotopic (exact) mass is 456 g/mol. The molecule has 1 saturated carbocycles. The van der Waals surface area contributed by atoms with Crippen molar-refractivity contribution in [2.24, 2.45) is 7.05 Å². The van der Waals surface area contributed by atoms with Crippen LogP contribution in [0.4, 0.5) is 5.82 Å². The van der Waals surface area contributed by atoms with Gasteiger partial charge in [-0.3, -0.25) is 4.68 Å². The van der Waals surface area contributed by atoms with E-state index in [-0.39, 0.29) is 0 Å². The molecule has 174 valence electrons. The number of nitrogens with zero attached hydrogens (tertiary/aromatic N) is 8. The SMILES string of the molecule is COc1ncnc(C2CC2)c1-c1nn(C)c2c1CN(c1ccc(-n3nc(C)cc3C)cn1)CC2. The molecule has 1 aliphatic heterocycles. The van der Waals surface area contributed by atoms with Crippen LogP contribution in [0.5, 0.6) is 5.88 Å². The molecule has 0 spiro atoms. The van der Waals surface area contributed by atoms with Crippen LogP contribution in [0.1, 0.15) is 47.1 Å². The normalized spacial score (nSPS) is 15.5. The lowest BCUT2D eigenvalue weighted by molar-refractivity contribution is 0.397. The zero-order valence-electron chi connectivity index (χ0n) is 20.0. The van der Waals surface area contributed by atoms with Crippen LogP contribution in [-0.2, 0) is 20.0 Å². The number of methoxy groups -OCH3 is 1. The van der Waals surface area contributed by atoms with E-state index >= 15 is 0 Å². The molecule has 0 bridgehead atoms. The molecule has 0 amide bonds. The minimum absolute atomic E-state index is 0.466. The molecule has 34 heavy (non-hydrogen) atoms. The van der Waals surface area contributed by atoms with Gasteiger partial charge in [0.05, 0.1) is 35.9 Å². The maximum Gasteiger partial charge on any atom is 0.226 e. The number of rotatable bonds is 5. The topological polar surface area (TPSA) is 86.8 Å². The molecule has 1 fully saturated rings. The summed E-state index contributed by atoms with van der Waals surface area (Å²) in [7, 11) is 3.69. The van der Waals surface area contributed by atoms with Crippen molar-refractivity contribution in [2.75, 3.05) is 18.6 Å². The minimum atomic E-state index is 0.466. The van der Waals surface area contributed by atoms with Crippen molar-refractivity contribution >= 4 is 5.82 Å². The molecule has 9 nitrogen and oxygen atoms in total. The standard InChI is InChI=1S/C25H28N8O/c1-15-11-16(2)33(29-15)18-7-8-21(26-12-18)32-10-9-20-19(13-32)24(30-31(20)3)22-23(17-5-6-17)27-14-28-25(22)34-4/h7-8,11-12,14,17H,5-6,9-10,13H2,1-4H3. The van der Waals surface area contributed by atoms with Crippen LogP contribution in [0.3, 0.4) is 0 Å². The van der Waals surface area contributed by atoms with Gasteiger partial charge >= 0.3 is 0 Å². The van der Waals surface area contributed by atoms with Gasteiger partial charge in [0.25, 0.3) is 0 Å². The summed E-state index contributed by atoms with van der Waals surface area (Å²) in [5.74, 6) is 2.01. The Kier molecular flexibility index (Phi) is 4.86. The Bertz CT molecular complexity index is 1370. The van der Waals surface area contributed by atoms with Crippen molar-refractivity contribution in [3.05, 3.63) is 59.1 Å².